The van der Waals surface area contributed by atoms with Crippen LogP contribution in [0.15, 0.2) is 41.3 Å². The van der Waals surface area contributed by atoms with Crippen LogP contribution in [0.2, 0.25) is 0 Å². The molecule has 0 aliphatic heterocycles. The van der Waals surface area contributed by atoms with E-state index < -0.39 is 0 Å². The van der Waals surface area contributed by atoms with Crippen molar-refractivity contribution in [2.45, 2.75) is 45.1 Å². The summed E-state index contributed by atoms with van der Waals surface area (Å²) >= 11 is 0. The Balaban J connectivity index is 1.35. The first-order chi connectivity index (χ1) is 13.1. The molecule has 6 heteroatoms. The van der Waals surface area contributed by atoms with Gasteiger partial charge in [-0.3, -0.25) is 9.59 Å². The fourth-order valence-corrected chi connectivity index (χ4v) is 3.90. The molecular formula is C21H24N4O2. The number of aryl methyl sites for hydroxylation is 3. The quantitative estimate of drug-likeness (QED) is 0.683. The highest BCUT2D eigenvalue weighted by Gasteiger charge is 2.29. The van der Waals surface area contributed by atoms with Crippen LogP contribution in [0, 0.1) is 6.92 Å². The first-order valence-electron chi connectivity index (χ1n) is 9.55. The molecule has 0 fully saturated rings. The first-order valence-corrected chi connectivity index (χ1v) is 9.55. The Kier molecular flexibility index (Phi) is 4.79. The molecule has 3 aromatic rings. The van der Waals surface area contributed by atoms with Gasteiger partial charge in [-0.2, -0.15) is 0 Å². The van der Waals surface area contributed by atoms with E-state index in [1.807, 2.05) is 43.5 Å². The van der Waals surface area contributed by atoms with Crippen LogP contribution in [0.3, 0.4) is 0 Å². The Bertz CT molecular complexity index is 1030. The normalized spacial score (nSPS) is 16.3. The van der Waals surface area contributed by atoms with Crippen LogP contribution in [-0.2, 0) is 17.8 Å². The van der Waals surface area contributed by atoms with Gasteiger partial charge in [-0.25, -0.2) is 4.98 Å². The molecule has 2 N–H and O–H groups in total. The summed E-state index contributed by atoms with van der Waals surface area (Å²) in [5.41, 5.74) is 2.02. The second-order valence-corrected chi connectivity index (χ2v) is 7.18. The van der Waals surface area contributed by atoms with Crippen LogP contribution >= 0.6 is 0 Å². The highest BCUT2D eigenvalue weighted by molar-refractivity contribution is 5.83. The van der Waals surface area contributed by atoms with Crippen molar-refractivity contribution in [1.82, 2.24) is 19.9 Å². The summed E-state index contributed by atoms with van der Waals surface area (Å²) < 4.78 is 1.71. The van der Waals surface area contributed by atoms with E-state index >= 15 is 0 Å². The summed E-state index contributed by atoms with van der Waals surface area (Å²) in [4.78, 5) is 32.9. The summed E-state index contributed by atoms with van der Waals surface area (Å²) in [6.07, 6.45) is 5.34. The minimum Gasteiger partial charge on any atom is -0.355 e. The molecule has 6 nitrogen and oxygen atoms in total. The van der Waals surface area contributed by atoms with Gasteiger partial charge in [0, 0.05) is 30.4 Å². The average Bonchev–Trinajstić information content (AvgIpc) is 3.07. The first kappa shape index (κ1) is 17.5. The van der Waals surface area contributed by atoms with Crippen molar-refractivity contribution in [2.24, 2.45) is 0 Å². The number of aromatic nitrogens is 3. The van der Waals surface area contributed by atoms with Crippen molar-refractivity contribution < 1.29 is 4.79 Å². The number of carbonyl (C=O) groups excluding carboxylic acids is 1. The fraction of sp³-hybridized carbons (Fsp3) is 0.381. The Hall–Kier alpha value is -2.89. The molecule has 0 spiro atoms. The lowest BCUT2D eigenvalue weighted by Gasteiger charge is -2.20. The number of nitrogens with zero attached hydrogens (tertiary/aromatic N) is 2. The molecule has 0 bridgehead atoms. The second kappa shape index (κ2) is 7.39. The molecule has 0 saturated carbocycles. The minimum atomic E-state index is -0.165. The van der Waals surface area contributed by atoms with E-state index in [4.69, 9.17) is 0 Å². The van der Waals surface area contributed by atoms with E-state index in [9.17, 15) is 9.59 Å². The largest absolute Gasteiger partial charge is 0.355 e. The zero-order valence-corrected chi connectivity index (χ0v) is 15.5. The van der Waals surface area contributed by atoms with Crippen molar-refractivity contribution in [3.8, 4) is 0 Å². The van der Waals surface area contributed by atoms with Crippen LogP contribution in [-0.4, -0.2) is 27.0 Å². The average molecular weight is 364 g/mol. The Morgan fingerprint density at radius 3 is 3.07 bits per heavy atom. The molecule has 140 valence electrons. The SMILES string of the molecule is Cc1nc2c([nH]1)CCCC2C(=O)NCCCn1ccc2ccccc2c1=O. The van der Waals surface area contributed by atoms with E-state index in [0.29, 0.717) is 19.5 Å². The van der Waals surface area contributed by atoms with E-state index in [1.54, 1.807) is 4.57 Å². The van der Waals surface area contributed by atoms with Crippen LogP contribution in [0.25, 0.3) is 10.8 Å². The van der Waals surface area contributed by atoms with Gasteiger partial charge >= 0.3 is 0 Å². The van der Waals surface area contributed by atoms with Gasteiger partial charge in [-0.1, -0.05) is 18.2 Å². The molecule has 2 heterocycles. The number of hydrogen-bond donors (Lipinski definition) is 2. The molecule has 1 aromatic carbocycles. The number of imidazole rings is 1. The highest BCUT2D eigenvalue weighted by Crippen LogP contribution is 2.29. The zero-order valence-electron chi connectivity index (χ0n) is 15.5. The lowest BCUT2D eigenvalue weighted by Crippen LogP contribution is -2.33. The molecule has 1 aliphatic carbocycles. The highest BCUT2D eigenvalue weighted by atomic mass is 16.2. The third kappa shape index (κ3) is 3.52. The molecule has 1 atom stereocenters. The predicted octanol–water partition coefficient (Wildman–Crippen LogP) is 2.66. The lowest BCUT2D eigenvalue weighted by atomic mass is 9.89. The maximum Gasteiger partial charge on any atom is 0.258 e. The summed E-state index contributed by atoms with van der Waals surface area (Å²) in [7, 11) is 0. The molecule has 1 amide bonds. The van der Waals surface area contributed by atoms with Crippen LogP contribution in [0.4, 0.5) is 0 Å². The predicted molar refractivity (Wildman–Crippen MR) is 105 cm³/mol. The molecule has 1 aliphatic rings. The number of carbonyl (C=O) groups is 1. The molecule has 0 radical (unpaired) electrons. The third-order valence-electron chi connectivity index (χ3n) is 5.26. The molecular weight excluding hydrogens is 340 g/mol. The molecule has 2 aromatic heterocycles. The van der Waals surface area contributed by atoms with Crippen molar-refractivity contribution >= 4 is 16.7 Å². The number of pyridine rings is 1. The third-order valence-corrected chi connectivity index (χ3v) is 5.26. The summed E-state index contributed by atoms with van der Waals surface area (Å²) in [6, 6.07) is 9.56. The number of amides is 1. The Morgan fingerprint density at radius 1 is 1.33 bits per heavy atom. The maximum absolute atomic E-state index is 12.6. The van der Waals surface area contributed by atoms with Crippen LogP contribution < -0.4 is 10.9 Å². The minimum absolute atomic E-state index is 0.0170. The van der Waals surface area contributed by atoms with E-state index in [-0.39, 0.29) is 17.4 Å². The van der Waals surface area contributed by atoms with Crippen molar-refractivity contribution in [2.75, 3.05) is 6.54 Å². The van der Waals surface area contributed by atoms with Crippen molar-refractivity contribution in [3.05, 3.63) is 64.1 Å². The summed E-state index contributed by atoms with van der Waals surface area (Å²) in [5, 5.41) is 4.70. The molecule has 0 saturated heterocycles. The lowest BCUT2D eigenvalue weighted by molar-refractivity contribution is -0.122. The number of H-pyrrole nitrogens is 1. The number of hydrogen-bond acceptors (Lipinski definition) is 3. The van der Waals surface area contributed by atoms with Crippen molar-refractivity contribution in [1.29, 1.82) is 0 Å². The van der Waals surface area contributed by atoms with Gasteiger partial charge in [0.25, 0.3) is 5.56 Å². The van der Waals surface area contributed by atoms with Gasteiger partial charge in [-0.05, 0) is 50.1 Å². The Labute approximate surface area is 157 Å². The van der Waals surface area contributed by atoms with E-state index in [1.165, 1.54) is 0 Å². The topological polar surface area (TPSA) is 79.8 Å². The van der Waals surface area contributed by atoms with Crippen molar-refractivity contribution in [3.63, 3.8) is 0 Å². The van der Waals surface area contributed by atoms with Gasteiger partial charge in [0.15, 0.2) is 0 Å². The zero-order chi connectivity index (χ0) is 18.8. The summed E-state index contributed by atoms with van der Waals surface area (Å²) in [6.45, 7) is 3.06. The van der Waals surface area contributed by atoms with Gasteiger partial charge in [0.2, 0.25) is 5.91 Å². The van der Waals surface area contributed by atoms with Crippen LogP contribution in [0.1, 0.15) is 42.4 Å². The number of aromatic amines is 1. The number of benzene rings is 1. The monoisotopic (exact) mass is 364 g/mol. The summed E-state index contributed by atoms with van der Waals surface area (Å²) in [5.74, 6) is 0.741. The molecule has 1 unspecified atom stereocenters. The fourth-order valence-electron chi connectivity index (χ4n) is 3.90. The van der Waals surface area contributed by atoms with Gasteiger partial charge in [0.1, 0.15) is 5.82 Å². The van der Waals surface area contributed by atoms with Crippen LogP contribution in [0.5, 0.6) is 0 Å². The van der Waals surface area contributed by atoms with Gasteiger partial charge in [-0.15, -0.1) is 0 Å². The maximum atomic E-state index is 12.6. The number of nitrogens with one attached hydrogen (secondary N) is 2. The van der Waals surface area contributed by atoms with E-state index in [2.05, 4.69) is 15.3 Å². The number of rotatable bonds is 5. The molecule has 27 heavy (non-hydrogen) atoms. The van der Waals surface area contributed by atoms with Gasteiger partial charge < -0.3 is 14.9 Å². The molecule has 4 rings (SSSR count). The van der Waals surface area contributed by atoms with E-state index in [0.717, 1.165) is 47.2 Å². The Morgan fingerprint density at radius 2 is 2.19 bits per heavy atom. The second-order valence-electron chi connectivity index (χ2n) is 7.18. The smallest absolute Gasteiger partial charge is 0.258 e. The van der Waals surface area contributed by atoms with Gasteiger partial charge in [0.05, 0.1) is 11.6 Å². The number of fused-ring (bicyclic) bond motifs is 2. The standard InChI is InChI=1S/C21H24N4O2/c1-14-23-18-9-4-8-17(19(18)24-14)20(26)22-11-5-12-25-13-10-15-6-2-3-7-16(15)21(25)27/h2-3,6-7,10,13,17H,4-5,8-9,11-12H2,1H3,(H,22,26)(H,23,24).